The third-order valence-corrected chi connectivity index (χ3v) is 7.75. The van der Waals surface area contributed by atoms with Gasteiger partial charge in [-0.15, -0.1) is 0 Å². The third kappa shape index (κ3) is 5.68. The SMILES string of the molecule is Cc1ccc(S(=O)(=O)n2ccc3c(N(CC(=O)O)C4CCCN(C(=O)OC(C)(C)C)C4)ncnc32)cc1. The van der Waals surface area contributed by atoms with Gasteiger partial charge in [0.2, 0.25) is 0 Å². The Morgan fingerprint density at radius 2 is 1.86 bits per heavy atom. The molecular formula is C25H31N5O6S. The first kappa shape index (κ1) is 26.4. The van der Waals surface area contributed by atoms with E-state index in [-0.39, 0.29) is 29.7 Å². The van der Waals surface area contributed by atoms with Crippen LogP contribution in [-0.4, -0.2) is 75.7 Å². The highest BCUT2D eigenvalue weighted by Gasteiger charge is 2.33. The molecule has 0 saturated carbocycles. The van der Waals surface area contributed by atoms with E-state index in [2.05, 4.69) is 9.97 Å². The Morgan fingerprint density at radius 1 is 1.16 bits per heavy atom. The van der Waals surface area contributed by atoms with Gasteiger partial charge in [-0.2, -0.15) is 0 Å². The molecular weight excluding hydrogens is 498 g/mol. The van der Waals surface area contributed by atoms with E-state index < -0.39 is 27.7 Å². The van der Waals surface area contributed by atoms with E-state index in [0.717, 1.165) is 9.54 Å². The summed E-state index contributed by atoms with van der Waals surface area (Å²) in [4.78, 5) is 36.4. The van der Waals surface area contributed by atoms with E-state index in [1.165, 1.54) is 24.7 Å². The molecule has 1 aromatic carbocycles. The number of likely N-dealkylation sites (tertiary alicyclic amines) is 1. The van der Waals surface area contributed by atoms with Gasteiger partial charge in [0.05, 0.1) is 10.3 Å². The average molecular weight is 530 g/mol. The van der Waals surface area contributed by atoms with E-state index in [9.17, 15) is 23.1 Å². The summed E-state index contributed by atoms with van der Waals surface area (Å²) < 4.78 is 33.3. The molecule has 1 unspecified atom stereocenters. The largest absolute Gasteiger partial charge is 0.480 e. The van der Waals surface area contributed by atoms with Crippen molar-refractivity contribution in [2.24, 2.45) is 0 Å². The number of hydrogen-bond donors (Lipinski definition) is 1. The van der Waals surface area contributed by atoms with E-state index >= 15 is 0 Å². The molecule has 0 aliphatic carbocycles. The number of anilines is 1. The van der Waals surface area contributed by atoms with Crippen molar-refractivity contribution >= 4 is 38.9 Å². The number of carbonyl (C=O) groups excluding carboxylic acids is 1. The molecule has 1 aliphatic heterocycles. The maximum Gasteiger partial charge on any atom is 0.410 e. The molecule has 0 radical (unpaired) electrons. The quantitative estimate of drug-likeness (QED) is 0.510. The molecule has 1 N–H and O–H groups in total. The lowest BCUT2D eigenvalue weighted by atomic mass is 10.0. The van der Waals surface area contributed by atoms with Crippen molar-refractivity contribution in [1.29, 1.82) is 0 Å². The second-order valence-corrected chi connectivity index (χ2v) is 11.9. The van der Waals surface area contributed by atoms with Gasteiger partial charge in [-0.05, 0) is 58.7 Å². The number of carbonyl (C=O) groups is 2. The fourth-order valence-electron chi connectivity index (χ4n) is 4.39. The molecule has 0 spiro atoms. The summed E-state index contributed by atoms with van der Waals surface area (Å²) in [5.74, 6) is -0.783. The normalized spacial score (nSPS) is 16.5. The van der Waals surface area contributed by atoms with Crippen molar-refractivity contribution in [3.05, 3.63) is 48.4 Å². The van der Waals surface area contributed by atoms with Crippen molar-refractivity contribution in [3.63, 3.8) is 0 Å². The molecule has 37 heavy (non-hydrogen) atoms. The van der Waals surface area contributed by atoms with Gasteiger partial charge in [-0.25, -0.2) is 27.2 Å². The molecule has 11 nitrogen and oxygen atoms in total. The summed E-state index contributed by atoms with van der Waals surface area (Å²) >= 11 is 0. The summed E-state index contributed by atoms with van der Waals surface area (Å²) in [6.45, 7) is 7.59. The van der Waals surface area contributed by atoms with Crippen LogP contribution in [0.3, 0.4) is 0 Å². The van der Waals surface area contributed by atoms with E-state index in [4.69, 9.17) is 4.74 Å². The van der Waals surface area contributed by atoms with E-state index in [0.29, 0.717) is 30.6 Å². The molecule has 198 valence electrons. The van der Waals surface area contributed by atoms with Crippen molar-refractivity contribution < 1.29 is 27.9 Å². The minimum atomic E-state index is -3.94. The third-order valence-electron chi connectivity index (χ3n) is 6.07. The summed E-state index contributed by atoms with van der Waals surface area (Å²) in [7, 11) is -3.94. The number of ether oxygens (including phenoxy) is 1. The molecule has 1 aliphatic rings. The van der Waals surface area contributed by atoms with Gasteiger partial charge in [0.25, 0.3) is 10.0 Å². The zero-order valence-electron chi connectivity index (χ0n) is 21.3. The number of amides is 1. The first-order chi connectivity index (χ1) is 17.4. The summed E-state index contributed by atoms with van der Waals surface area (Å²) in [6, 6.07) is 7.69. The van der Waals surface area contributed by atoms with Crippen molar-refractivity contribution in [2.45, 2.75) is 57.1 Å². The molecule has 3 aromatic rings. The topological polar surface area (TPSA) is 135 Å². The Hall–Kier alpha value is -3.67. The molecule has 2 aromatic heterocycles. The second kappa shape index (κ2) is 10.0. The van der Waals surface area contributed by atoms with Crippen LogP contribution in [0.4, 0.5) is 10.6 Å². The van der Waals surface area contributed by atoms with Crippen LogP contribution in [0.25, 0.3) is 11.0 Å². The number of benzene rings is 1. The van der Waals surface area contributed by atoms with Crippen LogP contribution in [0.5, 0.6) is 0 Å². The fourth-order valence-corrected chi connectivity index (χ4v) is 5.69. The lowest BCUT2D eigenvalue weighted by Crippen LogP contribution is -2.52. The highest BCUT2D eigenvalue weighted by molar-refractivity contribution is 7.90. The standard InChI is InChI=1S/C25H31N5O6S/c1-17-7-9-19(10-8-17)37(34,35)30-13-11-20-22(26-16-27-23(20)30)29(15-21(31)32)18-6-5-12-28(14-18)24(33)36-25(2,3)4/h7-11,13,16,18H,5-6,12,14-15H2,1-4H3,(H,31,32). The monoisotopic (exact) mass is 529 g/mol. The van der Waals surface area contributed by atoms with Gasteiger partial charge >= 0.3 is 12.1 Å². The number of hydrogen-bond acceptors (Lipinski definition) is 8. The van der Waals surface area contributed by atoms with Crippen molar-refractivity contribution in [1.82, 2.24) is 18.8 Å². The maximum atomic E-state index is 13.3. The molecule has 1 atom stereocenters. The molecule has 4 rings (SSSR count). The number of carboxylic acid groups (broad SMARTS) is 1. The van der Waals surface area contributed by atoms with Crippen LogP contribution in [-0.2, 0) is 19.6 Å². The van der Waals surface area contributed by atoms with Crippen LogP contribution < -0.4 is 4.90 Å². The number of aromatic nitrogens is 3. The molecule has 0 bridgehead atoms. The van der Waals surface area contributed by atoms with Gasteiger partial charge in [-0.1, -0.05) is 17.7 Å². The Labute approximate surface area is 215 Å². The van der Waals surface area contributed by atoms with E-state index in [1.54, 1.807) is 48.8 Å². The number of aryl methyl sites for hydroxylation is 1. The highest BCUT2D eigenvalue weighted by Crippen LogP contribution is 2.30. The Balaban J connectivity index is 1.71. The summed E-state index contributed by atoms with van der Waals surface area (Å²) in [5, 5.41) is 10.1. The van der Waals surface area contributed by atoms with Crippen molar-refractivity contribution in [3.8, 4) is 0 Å². The molecule has 1 fully saturated rings. The predicted octanol–water partition coefficient (Wildman–Crippen LogP) is 3.27. The van der Waals surface area contributed by atoms with Crippen LogP contribution in [0.1, 0.15) is 39.2 Å². The lowest BCUT2D eigenvalue weighted by molar-refractivity contribution is -0.135. The zero-order valence-corrected chi connectivity index (χ0v) is 22.1. The van der Waals surface area contributed by atoms with Crippen LogP contribution in [0.15, 0.2) is 47.8 Å². The van der Waals surface area contributed by atoms with Gasteiger partial charge in [-0.3, -0.25) is 4.79 Å². The van der Waals surface area contributed by atoms with Crippen LogP contribution in [0.2, 0.25) is 0 Å². The first-order valence-electron chi connectivity index (χ1n) is 12.0. The van der Waals surface area contributed by atoms with Gasteiger partial charge in [0.15, 0.2) is 5.65 Å². The first-order valence-corrected chi connectivity index (χ1v) is 13.4. The number of fused-ring (bicyclic) bond motifs is 1. The highest BCUT2D eigenvalue weighted by atomic mass is 32.2. The number of aliphatic carboxylic acids is 1. The zero-order chi connectivity index (χ0) is 27.0. The predicted molar refractivity (Wildman–Crippen MR) is 137 cm³/mol. The number of piperidine rings is 1. The molecule has 3 heterocycles. The number of rotatable bonds is 6. The smallest absolute Gasteiger partial charge is 0.410 e. The minimum Gasteiger partial charge on any atom is -0.480 e. The minimum absolute atomic E-state index is 0.110. The van der Waals surface area contributed by atoms with Gasteiger partial charge in [0, 0.05) is 25.3 Å². The van der Waals surface area contributed by atoms with E-state index in [1.807, 2.05) is 6.92 Å². The Bertz CT molecular complexity index is 1410. The second-order valence-electron chi connectivity index (χ2n) is 10.1. The van der Waals surface area contributed by atoms with Crippen LogP contribution in [0, 0.1) is 6.92 Å². The fraction of sp³-hybridized carbons (Fsp3) is 0.440. The molecule has 1 amide bonds. The lowest BCUT2D eigenvalue weighted by Gasteiger charge is -2.39. The summed E-state index contributed by atoms with van der Waals surface area (Å²) in [6.07, 6.45) is 3.43. The molecule has 1 saturated heterocycles. The Morgan fingerprint density at radius 3 is 2.51 bits per heavy atom. The number of carboxylic acids is 1. The van der Waals surface area contributed by atoms with Gasteiger partial charge in [0.1, 0.15) is 24.3 Å². The molecule has 12 heteroatoms. The van der Waals surface area contributed by atoms with Crippen LogP contribution >= 0.6 is 0 Å². The van der Waals surface area contributed by atoms with Crippen molar-refractivity contribution in [2.75, 3.05) is 24.5 Å². The summed E-state index contributed by atoms with van der Waals surface area (Å²) in [5.41, 5.74) is 0.411. The maximum absolute atomic E-state index is 13.3. The number of nitrogens with zero attached hydrogens (tertiary/aromatic N) is 5. The van der Waals surface area contributed by atoms with Gasteiger partial charge < -0.3 is 19.6 Å². The Kier molecular flexibility index (Phi) is 7.13. The average Bonchev–Trinajstić information content (AvgIpc) is 3.27.